The van der Waals surface area contributed by atoms with E-state index in [0.29, 0.717) is 23.0 Å². The minimum atomic E-state index is 0.0608. The van der Waals surface area contributed by atoms with Crippen molar-refractivity contribution < 1.29 is 9.59 Å². The van der Waals surface area contributed by atoms with Crippen LogP contribution in [0.3, 0.4) is 0 Å². The van der Waals surface area contributed by atoms with Crippen molar-refractivity contribution in [3.05, 3.63) is 40.2 Å². The number of nitrogens with zero attached hydrogens (tertiary/aromatic N) is 5. The molecular weight excluding hydrogens is 404 g/mol. The highest BCUT2D eigenvalue weighted by molar-refractivity contribution is 5.95. The molecule has 32 heavy (non-hydrogen) atoms. The van der Waals surface area contributed by atoms with Crippen LogP contribution in [0.15, 0.2) is 6.20 Å². The van der Waals surface area contributed by atoms with Crippen LogP contribution >= 0.6 is 0 Å². The molecule has 0 spiro atoms. The van der Waals surface area contributed by atoms with Crippen LogP contribution in [0.1, 0.15) is 82.1 Å². The number of rotatable bonds is 4. The monoisotopic (exact) mass is 436 g/mol. The lowest BCUT2D eigenvalue weighted by Gasteiger charge is -2.32. The highest BCUT2D eigenvalue weighted by atomic mass is 16.2. The SMILES string of the molecule is Cc1ncc(C(=O)N2CCCC2)c(CC2CCN(C(=O)c3n[nH]c4c3CCCC4)CC2)n1. The van der Waals surface area contributed by atoms with E-state index in [1.54, 1.807) is 6.20 Å². The molecule has 170 valence electrons. The normalized spacial score (nSPS) is 19.3. The lowest BCUT2D eigenvalue weighted by Crippen LogP contribution is -2.39. The molecule has 0 bridgehead atoms. The van der Waals surface area contributed by atoms with E-state index in [-0.39, 0.29) is 11.8 Å². The molecule has 2 fully saturated rings. The van der Waals surface area contributed by atoms with Gasteiger partial charge in [0.2, 0.25) is 0 Å². The largest absolute Gasteiger partial charge is 0.339 e. The van der Waals surface area contributed by atoms with Crippen molar-refractivity contribution in [3.8, 4) is 0 Å². The van der Waals surface area contributed by atoms with Crippen molar-refractivity contribution in [1.29, 1.82) is 0 Å². The zero-order valence-electron chi connectivity index (χ0n) is 18.9. The van der Waals surface area contributed by atoms with Crippen molar-refractivity contribution in [1.82, 2.24) is 30.0 Å². The minimum Gasteiger partial charge on any atom is -0.339 e. The number of aryl methyl sites for hydroxylation is 2. The molecule has 3 aliphatic rings. The molecule has 2 aromatic rings. The Balaban J connectivity index is 1.24. The maximum absolute atomic E-state index is 13.1. The van der Waals surface area contributed by atoms with Crippen LogP contribution in [-0.2, 0) is 19.3 Å². The fourth-order valence-corrected chi connectivity index (χ4v) is 5.36. The second-order valence-corrected chi connectivity index (χ2v) is 9.45. The standard InChI is InChI=1S/C24H32N6O2/c1-16-25-15-19(23(31)29-10-4-5-11-29)21(26-16)14-17-8-12-30(13-9-17)24(32)22-18-6-2-3-7-20(18)27-28-22/h15,17H,2-14H2,1H3,(H,27,28). The number of fused-ring (bicyclic) bond motifs is 1. The van der Waals surface area contributed by atoms with Gasteiger partial charge in [-0.1, -0.05) is 0 Å². The number of amides is 2. The van der Waals surface area contributed by atoms with Crippen molar-refractivity contribution >= 4 is 11.8 Å². The van der Waals surface area contributed by atoms with E-state index in [4.69, 9.17) is 0 Å². The number of aromatic nitrogens is 4. The van der Waals surface area contributed by atoms with Gasteiger partial charge in [-0.3, -0.25) is 14.7 Å². The summed E-state index contributed by atoms with van der Waals surface area (Å²) < 4.78 is 0. The van der Waals surface area contributed by atoms with Crippen LogP contribution in [0.4, 0.5) is 0 Å². The van der Waals surface area contributed by atoms with Gasteiger partial charge in [-0.15, -0.1) is 0 Å². The predicted octanol–water partition coefficient (Wildman–Crippen LogP) is 2.72. The number of carbonyl (C=O) groups excluding carboxylic acids is 2. The molecule has 0 aromatic carbocycles. The zero-order valence-corrected chi connectivity index (χ0v) is 18.9. The van der Waals surface area contributed by atoms with E-state index in [1.807, 2.05) is 16.7 Å². The highest BCUT2D eigenvalue weighted by Crippen LogP contribution is 2.27. The van der Waals surface area contributed by atoms with Gasteiger partial charge in [-0.2, -0.15) is 5.10 Å². The Morgan fingerprint density at radius 3 is 2.50 bits per heavy atom. The van der Waals surface area contributed by atoms with Crippen LogP contribution in [0.5, 0.6) is 0 Å². The summed E-state index contributed by atoms with van der Waals surface area (Å²) in [6, 6.07) is 0. The number of H-pyrrole nitrogens is 1. The summed E-state index contributed by atoms with van der Waals surface area (Å²) in [5, 5.41) is 7.45. The number of hydrogen-bond donors (Lipinski definition) is 1. The Bertz CT molecular complexity index is 1000. The molecule has 1 aliphatic carbocycles. The molecule has 8 nitrogen and oxygen atoms in total. The van der Waals surface area contributed by atoms with Gasteiger partial charge in [0, 0.05) is 43.6 Å². The van der Waals surface area contributed by atoms with Crippen LogP contribution in [0.2, 0.25) is 0 Å². The molecule has 2 aliphatic heterocycles. The molecule has 2 saturated heterocycles. The quantitative estimate of drug-likeness (QED) is 0.795. The third kappa shape index (κ3) is 4.14. The van der Waals surface area contributed by atoms with E-state index in [0.717, 1.165) is 94.5 Å². The summed E-state index contributed by atoms with van der Waals surface area (Å²) in [6.07, 6.45) is 10.7. The number of nitrogens with one attached hydrogen (secondary N) is 1. The number of hydrogen-bond acceptors (Lipinski definition) is 5. The van der Waals surface area contributed by atoms with Gasteiger partial charge in [0.1, 0.15) is 5.82 Å². The fourth-order valence-electron chi connectivity index (χ4n) is 5.36. The third-order valence-electron chi connectivity index (χ3n) is 7.25. The summed E-state index contributed by atoms with van der Waals surface area (Å²) in [7, 11) is 0. The molecule has 0 radical (unpaired) electrons. The Hall–Kier alpha value is -2.77. The first-order chi connectivity index (χ1) is 15.6. The number of carbonyl (C=O) groups is 2. The molecule has 2 aromatic heterocycles. The highest BCUT2D eigenvalue weighted by Gasteiger charge is 2.30. The molecule has 5 rings (SSSR count). The van der Waals surface area contributed by atoms with Gasteiger partial charge in [-0.25, -0.2) is 9.97 Å². The number of likely N-dealkylation sites (tertiary alicyclic amines) is 2. The van der Waals surface area contributed by atoms with Gasteiger partial charge in [0.05, 0.1) is 11.3 Å². The summed E-state index contributed by atoms with van der Waals surface area (Å²) >= 11 is 0. The average Bonchev–Trinajstić information content (AvgIpc) is 3.49. The summed E-state index contributed by atoms with van der Waals surface area (Å²) in [4.78, 5) is 38.9. The Morgan fingerprint density at radius 1 is 1.00 bits per heavy atom. The predicted molar refractivity (Wildman–Crippen MR) is 119 cm³/mol. The van der Waals surface area contributed by atoms with E-state index in [1.165, 1.54) is 6.42 Å². The molecule has 0 atom stereocenters. The zero-order chi connectivity index (χ0) is 22.1. The van der Waals surface area contributed by atoms with Crippen molar-refractivity contribution in [2.75, 3.05) is 26.2 Å². The summed E-state index contributed by atoms with van der Waals surface area (Å²) in [5.74, 6) is 1.24. The number of aromatic amines is 1. The maximum Gasteiger partial charge on any atom is 0.274 e. The van der Waals surface area contributed by atoms with Gasteiger partial charge >= 0.3 is 0 Å². The van der Waals surface area contributed by atoms with E-state index >= 15 is 0 Å². The van der Waals surface area contributed by atoms with E-state index in [2.05, 4.69) is 20.2 Å². The smallest absolute Gasteiger partial charge is 0.274 e. The van der Waals surface area contributed by atoms with Crippen molar-refractivity contribution in [3.63, 3.8) is 0 Å². The van der Waals surface area contributed by atoms with Gasteiger partial charge in [0.15, 0.2) is 5.69 Å². The van der Waals surface area contributed by atoms with Gasteiger partial charge in [-0.05, 0) is 70.6 Å². The molecule has 1 N–H and O–H groups in total. The molecule has 8 heteroatoms. The lowest BCUT2D eigenvalue weighted by molar-refractivity contribution is 0.0683. The second kappa shape index (κ2) is 9.00. The van der Waals surface area contributed by atoms with Gasteiger partial charge in [0.25, 0.3) is 11.8 Å². The third-order valence-corrected chi connectivity index (χ3v) is 7.25. The molecule has 0 unspecified atom stereocenters. The number of piperidine rings is 1. The van der Waals surface area contributed by atoms with Gasteiger partial charge < -0.3 is 9.80 Å². The first-order valence-corrected chi connectivity index (χ1v) is 12.1. The first kappa shape index (κ1) is 21.1. The first-order valence-electron chi connectivity index (χ1n) is 12.1. The van der Waals surface area contributed by atoms with Crippen molar-refractivity contribution in [2.24, 2.45) is 5.92 Å². The molecule has 4 heterocycles. The average molecular weight is 437 g/mol. The van der Waals surface area contributed by atoms with E-state index in [9.17, 15) is 9.59 Å². The Labute approximate surface area is 188 Å². The van der Waals surface area contributed by atoms with Crippen LogP contribution in [-0.4, -0.2) is 68.0 Å². The lowest BCUT2D eigenvalue weighted by atomic mass is 9.90. The molecule has 0 saturated carbocycles. The molecular formula is C24H32N6O2. The van der Waals surface area contributed by atoms with Crippen LogP contribution in [0, 0.1) is 12.8 Å². The Kier molecular flexibility index (Phi) is 5.93. The second-order valence-electron chi connectivity index (χ2n) is 9.45. The minimum absolute atomic E-state index is 0.0608. The van der Waals surface area contributed by atoms with Crippen molar-refractivity contribution in [2.45, 2.75) is 64.7 Å². The maximum atomic E-state index is 13.1. The van der Waals surface area contributed by atoms with Crippen LogP contribution in [0.25, 0.3) is 0 Å². The fraction of sp³-hybridized carbons (Fsp3) is 0.625. The van der Waals surface area contributed by atoms with Crippen LogP contribution < -0.4 is 0 Å². The topological polar surface area (TPSA) is 95.1 Å². The molecule has 2 amide bonds. The summed E-state index contributed by atoms with van der Waals surface area (Å²) in [6.45, 7) is 4.97. The summed E-state index contributed by atoms with van der Waals surface area (Å²) in [5.41, 5.74) is 4.41. The van der Waals surface area contributed by atoms with E-state index < -0.39 is 0 Å². The Morgan fingerprint density at radius 2 is 1.72 bits per heavy atom.